The van der Waals surface area contributed by atoms with Gasteiger partial charge in [0.05, 0.1) is 4.90 Å². The average Bonchev–Trinajstić information content (AvgIpc) is 2.62. The number of halogens is 1. The van der Waals surface area contributed by atoms with Gasteiger partial charge in [-0.25, -0.2) is 8.42 Å². The van der Waals surface area contributed by atoms with Gasteiger partial charge in [-0.05, 0) is 50.1 Å². The van der Waals surface area contributed by atoms with Crippen molar-refractivity contribution in [1.29, 1.82) is 0 Å². The van der Waals surface area contributed by atoms with Gasteiger partial charge in [-0.2, -0.15) is 4.31 Å². The number of carbonyl (C=O) groups excluding carboxylic acids is 1. The number of aryl methyl sites for hydroxylation is 1. The van der Waals surface area contributed by atoms with E-state index in [-0.39, 0.29) is 16.8 Å². The van der Waals surface area contributed by atoms with Crippen molar-refractivity contribution in [3.8, 4) is 0 Å². The van der Waals surface area contributed by atoms with E-state index in [9.17, 15) is 13.2 Å². The molecular formula is C19H21ClN2O3S. The van der Waals surface area contributed by atoms with E-state index in [1.807, 2.05) is 19.1 Å². The predicted molar refractivity (Wildman–Crippen MR) is 102 cm³/mol. The first-order valence-corrected chi connectivity index (χ1v) is 10.3. The molecule has 5 nitrogen and oxygen atoms in total. The summed E-state index contributed by atoms with van der Waals surface area (Å²) < 4.78 is 26.9. The topological polar surface area (TPSA) is 66.5 Å². The normalized spacial score (nSPS) is 16.4. The Morgan fingerprint density at radius 2 is 1.77 bits per heavy atom. The van der Waals surface area contributed by atoms with Crippen LogP contribution in [-0.4, -0.2) is 37.8 Å². The van der Waals surface area contributed by atoms with Crippen molar-refractivity contribution in [2.75, 3.05) is 13.1 Å². The van der Waals surface area contributed by atoms with Crippen molar-refractivity contribution < 1.29 is 13.2 Å². The molecule has 1 heterocycles. The van der Waals surface area contributed by atoms with Gasteiger partial charge >= 0.3 is 0 Å². The lowest BCUT2D eigenvalue weighted by Crippen LogP contribution is -2.46. The molecule has 1 saturated heterocycles. The number of benzene rings is 2. The molecule has 2 aromatic carbocycles. The van der Waals surface area contributed by atoms with E-state index >= 15 is 0 Å². The number of rotatable bonds is 4. The number of nitrogens with one attached hydrogen (secondary N) is 1. The van der Waals surface area contributed by atoms with Crippen molar-refractivity contribution in [2.45, 2.75) is 30.7 Å². The SMILES string of the molecule is Cc1ccc(C(=O)NC2CCN(S(=O)(=O)c3cccc(Cl)c3)CC2)cc1. The molecule has 2 aromatic rings. The average molecular weight is 393 g/mol. The van der Waals surface area contributed by atoms with Crippen LogP contribution < -0.4 is 5.32 Å². The minimum absolute atomic E-state index is 0.0328. The van der Waals surface area contributed by atoms with E-state index in [0.717, 1.165) is 5.56 Å². The van der Waals surface area contributed by atoms with Crippen LogP contribution in [0, 0.1) is 6.92 Å². The van der Waals surface area contributed by atoms with E-state index in [0.29, 0.717) is 36.5 Å². The molecule has 1 amide bonds. The molecule has 1 fully saturated rings. The first-order valence-electron chi connectivity index (χ1n) is 8.49. The lowest BCUT2D eigenvalue weighted by molar-refractivity contribution is 0.0924. The Morgan fingerprint density at radius 1 is 1.12 bits per heavy atom. The first kappa shape index (κ1) is 18.9. The Kier molecular flexibility index (Phi) is 5.65. The lowest BCUT2D eigenvalue weighted by atomic mass is 10.1. The van der Waals surface area contributed by atoms with Gasteiger partial charge in [-0.1, -0.05) is 35.4 Å². The molecule has 0 bridgehead atoms. The zero-order valence-corrected chi connectivity index (χ0v) is 16.1. The van der Waals surface area contributed by atoms with E-state index in [2.05, 4.69) is 5.32 Å². The summed E-state index contributed by atoms with van der Waals surface area (Å²) in [5, 5.41) is 3.39. The molecular weight excluding hydrogens is 372 g/mol. The molecule has 1 N–H and O–H groups in total. The maximum absolute atomic E-state index is 12.7. The summed E-state index contributed by atoms with van der Waals surface area (Å²) in [5.74, 6) is -0.124. The van der Waals surface area contributed by atoms with Crippen LogP contribution >= 0.6 is 11.6 Å². The van der Waals surface area contributed by atoms with Crippen LogP contribution in [0.3, 0.4) is 0 Å². The fourth-order valence-corrected chi connectivity index (χ4v) is 4.76. The molecule has 1 aliphatic rings. The van der Waals surface area contributed by atoms with E-state index in [1.165, 1.54) is 10.4 Å². The second kappa shape index (κ2) is 7.78. The summed E-state index contributed by atoms with van der Waals surface area (Å²) in [5.41, 5.74) is 1.71. The molecule has 0 atom stereocenters. The third-order valence-corrected chi connectivity index (χ3v) is 6.67. The smallest absolute Gasteiger partial charge is 0.251 e. The van der Waals surface area contributed by atoms with Crippen LogP contribution in [0.25, 0.3) is 0 Å². The lowest BCUT2D eigenvalue weighted by Gasteiger charge is -2.31. The number of hydrogen-bond donors (Lipinski definition) is 1. The number of carbonyl (C=O) groups is 1. The van der Waals surface area contributed by atoms with Crippen molar-refractivity contribution in [1.82, 2.24) is 9.62 Å². The van der Waals surface area contributed by atoms with E-state index < -0.39 is 10.0 Å². The minimum atomic E-state index is -3.56. The van der Waals surface area contributed by atoms with Gasteiger partial charge in [-0.3, -0.25) is 4.79 Å². The van der Waals surface area contributed by atoms with Crippen molar-refractivity contribution in [3.05, 3.63) is 64.7 Å². The first-order chi connectivity index (χ1) is 12.4. The maximum Gasteiger partial charge on any atom is 0.251 e. The summed E-state index contributed by atoms with van der Waals surface area (Å²) in [6, 6.07) is 13.6. The third kappa shape index (κ3) is 4.26. The Bertz CT molecular complexity index is 889. The summed E-state index contributed by atoms with van der Waals surface area (Å²) in [6.45, 7) is 2.71. The second-order valence-electron chi connectivity index (χ2n) is 6.48. The molecule has 0 aromatic heterocycles. The monoisotopic (exact) mass is 392 g/mol. The second-order valence-corrected chi connectivity index (χ2v) is 8.85. The Morgan fingerprint density at radius 3 is 2.38 bits per heavy atom. The van der Waals surface area contributed by atoms with Crippen molar-refractivity contribution >= 4 is 27.5 Å². The fourth-order valence-electron chi connectivity index (χ4n) is 2.99. The minimum Gasteiger partial charge on any atom is -0.349 e. The molecule has 0 aliphatic carbocycles. The van der Waals surface area contributed by atoms with Gasteiger partial charge in [0.2, 0.25) is 10.0 Å². The van der Waals surface area contributed by atoms with E-state index in [1.54, 1.807) is 30.3 Å². The molecule has 0 spiro atoms. The van der Waals surface area contributed by atoms with Crippen molar-refractivity contribution in [2.24, 2.45) is 0 Å². The number of amides is 1. The zero-order valence-electron chi connectivity index (χ0n) is 14.5. The highest BCUT2D eigenvalue weighted by Gasteiger charge is 2.30. The standard InChI is InChI=1S/C19H21ClN2O3S/c1-14-5-7-15(8-6-14)19(23)21-17-9-11-22(12-10-17)26(24,25)18-4-2-3-16(20)13-18/h2-8,13,17H,9-12H2,1H3,(H,21,23). The van der Waals surface area contributed by atoms with Crippen LogP contribution in [0.1, 0.15) is 28.8 Å². The fraction of sp³-hybridized carbons (Fsp3) is 0.316. The highest BCUT2D eigenvalue weighted by Crippen LogP contribution is 2.23. The Hall–Kier alpha value is -1.89. The quantitative estimate of drug-likeness (QED) is 0.868. The molecule has 7 heteroatoms. The van der Waals surface area contributed by atoms with Crippen LogP contribution in [-0.2, 0) is 10.0 Å². The van der Waals surface area contributed by atoms with Gasteiger partial charge < -0.3 is 5.32 Å². The number of nitrogens with zero attached hydrogens (tertiary/aromatic N) is 1. The summed E-state index contributed by atoms with van der Waals surface area (Å²) in [6.07, 6.45) is 1.16. The number of sulfonamides is 1. The van der Waals surface area contributed by atoms with Gasteiger partial charge in [0.15, 0.2) is 0 Å². The summed E-state index contributed by atoms with van der Waals surface area (Å²) in [4.78, 5) is 12.5. The molecule has 26 heavy (non-hydrogen) atoms. The van der Waals surface area contributed by atoms with Crippen LogP contribution in [0.2, 0.25) is 5.02 Å². The molecule has 0 saturated carbocycles. The molecule has 138 valence electrons. The highest BCUT2D eigenvalue weighted by molar-refractivity contribution is 7.89. The van der Waals surface area contributed by atoms with Crippen LogP contribution in [0.15, 0.2) is 53.4 Å². The Balaban J connectivity index is 1.60. The Labute approximate surface area is 159 Å². The van der Waals surface area contributed by atoms with Gasteiger partial charge in [-0.15, -0.1) is 0 Å². The maximum atomic E-state index is 12.7. The largest absolute Gasteiger partial charge is 0.349 e. The van der Waals surface area contributed by atoms with E-state index in [4.69, 9.17) is 11.6 Å². The predicted octanol–water partition coefficient (Wildman–Crippen LogP) is 3.23. The zero-order chi connectivity index (χ0) is 18.7. The number of hydrogen-bond acceptors (Lipinski definition) is 3. The molecule has 0 unspecified atom stereocenters. The molecule has 1 aliphatic heterocycles. The van der Waals surface area contributed by atoms with Crippen molar-refractivity contribution in [3.63, 3.8) is 0 Å². The van der Waals surface area contributed by atoms with Crippen LogP contribution in [0.5, 0.6) is 0 Å². The van der Waals surface area contributed by atoms with Gasteiger partial charge in [0, 0.05) is 29.7 Å². The number of piperidine rings is 1. The van der Waals surface area contributed by atoms with Crippen LogP contribution in [0.4, 0.5) is 0 Å². The summed E-state index contributed by atoms with van der Waals surface area (Å²) >= 11 is 5.91. The third-order valence-electron chi connectivity index (χ3n) is 4.54. The molecule has 0 radical (unpaired) electrons. The van der Waals surface area contributed by atoms with Gasteiger partial charge in [0.1, 0.15) is 0 Å². The summed E-state index contributed by atoms with van der Waals surface area (Å²) in [7, 11) is -3.56. The molecule has 3 rings (SSSR count). The highest BCUT2D eigenvalue weighted by atomic mass is 35.5. The van der Waals surface area contributed by atoms with Gasteiger partial charge in [0.25, 0.3) is 5.91 Å².